The summed E-state index contributed by atoms with van der Waals surface area (Å²) < 4.78 is 11.0. The van der Waals surface area contributed by atoms with E-state index in [1.54, 1.807) is 12.2 Å². The minimum Gasteiger partial charge on any atom is -0.462 e. The monoisotopic (exact) mass is 666 g/mol. The highest BCUT2D eigenvalue weighted by molar-refractivity contribution is 5.87. The number of aromatic amines is 1. The number of amides is 3. The Labute approximate surface area is 285 Å². The van der Waals surface area contributed by atoms with Gasteiger partial charge in [0.2, 0.25) is 11.8 Å². The molecular weight excluding hydrogens is 624 g/mol. The van der Waals surface area contributed by atoms with Crippen molar-refractivity contribution in [3.63, 3.8) is 0 Å². The summed E-state index contributed by atoms with van der Waals surface area (Å²) in [5.74, 6) is -2.13. The first kappa shape index (κ1) is 34.9. The van der Waals surface area contributed by atoms with Crippen LogP contribution in [0, 0.1) is 5.92 Å². The molecule has 0 radical (unpaired) electrons. The molecule has 256 valence electrons. The fraction of sp³-hybridized carbons (Fsp3) is 0.316. The van der Waals surface area contributed by atoms with Crippen LogP contribution in [0.1, 0.15) is 36.0 Å². The number of ether oxygens (including phenoxy) is 2. The first-order valence-corrected chi connectivity index (χ1v) is 16.5. The second-order valence-corrected chi connectivity index (χ2v) is 12.1. The minimum atomic E-state index is -1.03. The fourth-order valence-corrected chi connectivity index (χ4v) is 5.79. The van der Waals surface area contributed by atoms with Gasteiger partial charge < -0.3 is 35.5 Å². The molecule has 2 heterocycles. The molecule has 0 saturated carbocycles. The number of aromatic nitrogens is 1. The van der Waals surface area contributed by atoms with Crippen LogP contribution in [0.25, 0.3) is 10.9 Å². The molecule has 0 unspecified atom stereocenters. The number of para-hydroxylation sites is 1. The lowest BCUT2D eigenvalue weighted by Crippen LogP contribution is -2.47. The molecule has 1 aromatic heterocycles. The van der Waals surface area contributed by atoms with E-state index in [1.807, 2.05) is 91.1 Å². The van der Waals surface area contributed by atoms with Crippen LogP contribution < -0.4 is 16.0 Å². The number of carbonyl (C=O) groups is 4. The molecule has 11 nitrogen and oxygen atoms in total. The molecule has 0 saturated heterocycles. The number of nitrogens with one attached hydrogen (secondary N) is 4. The van der Waals surface area contributed by atoms with Gasteiger partial charge in [0.1, 0.15) is 19.3 Å². The number of carbonyl (C=O) groups excluding carboxylic acids is 4. The highest BCUT2D eigenvalue weighted by atomic mass is 16.6. The van der Waals surface area contributed by atoms with Crippen molar-refractivity contribution in [1.29, 1.82) is 0 Å². The number of esters is 1. The van der Waals surface area contributed by atoms with Gasteiger partial charge in [-0.25, -0.2) is 9.59 Å². The number of fused-ring (bicyclic) bond motifs is 1. The lowest BCUT2D eigenvalue weighted by Gasteiger charge is -2.25. The molecule has 3 aromatic carbocycles. The van der Waals surface area contributed by atoms with Crippen molar-refractivity contribution in [2.45, 2.75) is 56.8 Å². The number of benzene rings is 3. The molecule has 4 aromatic rings. The molecule has 0 aliphatic carbocycles. The third-order valence-corrected chi connectivity index (χ3v) is 8.38. The third-order valence-electron chi connectivity index (χ3n) is 8.38. The Balaban J connectivity index is 1.29. The largest absolute Gasteiger partial charge is 0.462 e. The van der Waals surface area contributed by atoms with Gasteiger partial charge in [0.05, 0.1) is 24.6 Å². The number of cyclic esters (lactones) is 1. The maximum absolute atomic E-state index is 13.7. The van der Waals surface area contributed by atoms with Crippen LogP contribution in [0.5, 0.6) is 0 Å². The van der Waals surface area contributed by atoms with E-state index in [9.17, 15) is 24.3 Å². The Bertz CT molecular complexity index is 1720. The summed E-state index contributed by atoms with van der Waals surface area (Å²) in [4.78, 5) is 56.0. The molecular formula is C38H42N4O7. The van der Waals surface area contributed by atoms with Gasteiger partial charge in [0.15, 0.2) is 0 Å². The predicted molar refractivity (Wildman–Crippen MR) is 184 cm³/mol. The number of hydrogen-bond donors (Lipinski definition) is 5. The Hall–Kier alpha value is -5.42. The van der Waals surface area contributed by atoms with Gasteiger partial charge in [0, 0.05) is 23.5 Å². The van der Waals surface area contributed by atoms with E-state index >= 15 is 0 Å². The van der Waals surface area contributed by atoms with Crippen molar-refractivity contribution in [2.24, 2.45) is 5.92 Å². The van der Waals surface area contributed by atoms with Crippen LogP contribution in [0.4, 0.5) is 4.79 Å². The van der Waals surface area contributed by atoms with E-state index in [-0.39, 0.29) is 50.9 Å². The van der Waals surface area contributed by atoms with E-state index in [2.05, 4.69) is 20.9 Å². The summed E-state index contributed by atoms with van der Waals surface area (Å²) in [5.41, 5.74) is 3.62. The van der Waals surface area contributed by atoms with Gasteiger partial charge in [0.25, 0.3) is 0 Å². The number of rotatable bonds is 11. The van der Waals surface area contributed by atoms with E-state index in [1.165, 1.54) is 0 Å². The highest BCUT2D eigenvalue weighted by Gasteiger charge is 2.28. The summed E-state index contributed by atoms with van der Waals surface area (Å²) in [6.45, 7) is -0.375. The Kier molecular flexibility index (Phi) is 12.6. The zero-order valence-electron chi connectivity index (χ0n) is 27.2. The molecule has 49 heavy (non-hydrogen) atoms. The third kappa shape index (κ3) is 10.5. The van der Waals surface area contributed by atoms with E-state index in [4.69, 9.17) is 9.47 Å². The van der Waals surface area contributed by atoms with Crippen LogP contribution in [-0.4, -0.2) is 65.3 Å². The number of aliphatic hydroxyl groups is 1. The van der Waals surface area contributed by atoms with Crippen LogP contribution >= 0.6 is 0 Å². The number of hydrogen-bond acceptors (Lipinski definition) is 7. The van der Waals surface area contributed by atoms with E-state index in [0.29, 0.717) is 12.8 Å². The first-order valence-electron chi connectivity index (χ1n) is 16.5. The maximum Gasteiger partial charge on any atom is 0.408 e. The molecule has 0 bridgehead atoms. The first-order chi connectivity index (χ1) is 23.9. The van der Waals surface area contributed by atoms with Gasteiger partial charge in [-0.3, -0.25) is 9.59 Å². The van der Waals surface area contributed by atoms with Crippen LogP contribution in [0.3, 0.4) is 0 Å². The van der Waals surface area contributed by atoms with Gasteiger partial charge in [-0.1, -0.05) is 91.0 Å². The smallest absolute Gasteiger partial charge is 0.408 e. The summed E-state index contributed by atoms with van der Waals surface area (Å²) in [6, 6.07) is 24.3. The van der Waals surface area contributed by atoms with Crippen molar-refractivity contribution in [3.05, 3.63) is 120 Å². The van der Waals surface area contributed by atoms with Crippen molar-refractivity contribution >= 4 is 34.8 Å². The standard InChI is InChI=1S/C38H42N4O7/c43-23-30(19-26-11-3-1-4-12-26)40-35(44)21-28-15-7-9-18-34(42-38(47)49-24-27-13-5-2-6-14-27)37(46)48-25-31(41-36(28)45)20-29-22-39-33-17-10-8-16-32(29)33/h1-14,16-17,22,28,30-31,34,39,43H,15,18-21,23-25H2,(H,40,44)(H,41,45)(H,42,47)/t28-,30-,31+,34-/m1/s1. The van der Waals surface area contributed by atoms with Crippen molar-refractivity contribution in [1.82, 2.24) is 20.9 Å². The normalized spacial score (nSPS) is 19.1. The predicted octanol–water partition coefficient (Wildman–Crippen LogP) is 4.11. The van der Waals surface area contributed by atoms with Gasteiger partial charge in [-0.05, 0) is 48.4 Å². The van der Waals surface area contributed by atoms with Gasteiger partial charge in [-0.15, -0.1) is 0 Å². The topological polar surface area (TPSA) is 159 Å². The molecule has 5 rings (SSSR count). The molecule has 3 amide bonds. The second-order valence-electron chi connectivity index (χ2n) is 12.1. The Morgan fingerprint density at radius 3 is 2.37 bits per heavy atom. The van der Waals surface area contributed by atoms with Crippen LogP contribution in [0.15, 0.2) is 103 Å². The zero-order valence-corrected chi connectivity index (χ0v) is 27.2. The summed E-state index contributed by atoms with van der Waals surface area (Å²) in [7, 11) is 0. The summed E-state index contributed by atoms with van der Waals surface area (Å²) in [6.07, 6.45) is 5.47. The molecule has 0 fully saturated rings. The number of alkyl carbamates (subject to hydrolysis) is 1. The lowest BCUT2D eigenvalue weighted by molar-refractivity contribution is -0.147. The maximum atomic E-state index is 13.7. The zero-order chi connectivity index (χ0) is 34.4. The Morgan fingerprint density at radius 1 is 0.918 bits per heavy atom. The second kappa shape index (κ2) is 17.7. The molecule has 5 N–H and O–H groups in total. The molecule has 1 aliphatic heterocycles. The van der Waals surface area contributed by atoms with Crippen molar-refractivity contribution in [2.75, 3.05) is 13.2 Å². The SMILES string of the molecule is O=C(C[C@H]1CC=CC[C@@H](NC(=O)OCc2ccccc2)C(=O)OC[C@H](Cc2c[nH]c3ccccc23)NC1=O)N[C@@H](CO)Cc1ccccc1. The van der Waals surface area contributed by atoms with Crippen LogP contribution in [0.2, 0.25) is 0 Å². The molecule has 0 spiro atoms. The lowest BCUT2D eigenvalue weighted by atomic mass is 9.97. The van der Waals surface area contributed by atoms with Crippen molar-refractivity contribution in [3.8, 4) is 0 Å². The van der Waals surface area contributed by atoms with Crippen LogP contribution in [-0.2, 0) is 43.3 Å². The van der Waals surface area contributed by atoms with E-state index < -0.39 is 36.1 Å². The van der Waals surface area contributed by atoms with Gasteiger partial charge in [-0.2, -0.15) is 0 Å². The highest BCUT2D eigenvalue weighted by Crippen LogP contribution is 2.20. The molecule has 1 aliphatic rings. The molecule has 11 heteroatoms. The van der Waals surface area contributed by atoms with Crippen molar-refractivity contribution < 1.29 is 33.8 Å². The number of H-pyrrole nitrogens is 1. The fourth-order valence-electron chi connectivity index (χ4n) is 5.79. The van der Waals surface area contributed by atoms with Gasteiger partial charge >= 0.3 is 12.1 Å². The number of aliphatic hydroxyl groups excluding tert-OH is 1. The number of allylic oxidation sites excluding steroid dienone is 1. The average Bonchev–Trinajstić information content (AvgIpc) is 3.52. The quantitative estimate of drug-likeness (QED) is 0.119. The average molecular weight is 667 g/mol. The van der Waals surface area contributed by atoms with E-state index in [0.717, 1.165) is 27.6 Å². The summed E-state index contributed by atoms with van der Waals surface area (Å²) in [5, 5.41) is 19.4. The molecule has 4 atom stereocenters. The summed E-state index contributed by atoms with van der Waals surface area (Å²) >= 11 is 0. The Morgan fingerprint density at radius 2 is 1.61 bits per heavy atom. The minimum absolute atomic E-state index is 0.0369.